The SMILES string of the molecule is Cc1ccc(OCCN(C)CC(=O)Nc2ccc(C)cc2[N+](=O)[O-])cc1. The number of carbonyl (C=O) groups excluding carboxylic acids is 1. The van der Waals surface area contributed by atoms with Gasteiger partial charge >= 0.3 is 0 Å². The Balaban J connectivity index is 1.82. The fourth-order valence-corrected chi connectivity index (χ4v) is 2.37. The third-order valence-electron chi connectivity index (χ3n) is 3.80. The van der Waals surface area contributed by atoms with Gasteiger partial charge in [-0.3, -0.25) is 19.8 Å². The van der Waals surface area contributed by atoms with Crippen LogP contribution in [0.5, 0.6) is 5.75 Å². The first-order valence-electron chi connectivity index (χ1n) is 8.28. The van der Waals surface area contributed by atoms with Crippen molar-refractivity contribution in [2.24, 2.45) is 0 Å². The predicted molar refractivity (Wildman–Crippen MR) is 101 cm³/mol. The Morgan fingerprint density at radius 2 is 1.81 bits per heavy atom. The number of benzene rings is 2. The van der Waals surface area contributed by atoms with Crippen LogP contribution in [-0.2, 0) is 4.79 Å². The van der Waals surface area contributed by atoms with Gasteiger partial charge in [-0.25, -0.2) is 0 Å². The zero-order chi connectivity index (χ0) is 19.1. The highest BCUT2D eigenvalue weighted by molar-refractivity contribution is 5.94. The number of aryl methyl sites for hydroxylation is 2. The number of nitro groups is 1. The fraction of sp³-hybridized carbons (Fsp3) is 0.316. The number of nitrogens with one attached hydrogen (secondary N) is 1. The summed E-state index contributed by atoms with van der Waals surface area (Å²) in [6.07, 6.45) is 0. The van der Waals surface area contributed by atoms with Crippen molar-refractivity contribution in [2.75, 3.05) is 32.1 Å². The fourth-order valence-electron chi connectivity index (χ4n) is 2.37. The second-order valence-electron chi connectivity index (χ2n) is 6.23. The first-order chi connectivity index (χ1) is 12.3. The molecular formula is C19H23N3O4. The standard InChI is InChI=1S/C19H23N3O4/c1-14-4-7-16(8-5-14)26-11-10-21(3)13-19(23)20-17-9-6-15(2)12-18(17)22(24)25/h4-9,12H,10-11,13H2,1-3H3,(H,20,23). The normalized spacial score (nSPS) is 10.6. The van der Waals surface area contributed by atoms with E-state index in [1.54, 1.807) is 31.0 Å². The first-order valence-corrected chi connectivity index (χ1v) is 8.28. The van der Waals surface area contributed by atoms with Crippen LogP contribution in [0.3, 0.4) is 0 Å². The average molecular weight is 357 g/mol. The summed E-state index contributed by atoms with van der Waals surface area (Å²) >= 11 is 0. The highest BCUT2D eigenvalue weighted by atomic mass is 16.6. The van der Waals surface area contributed by atoms with E-state index >= 15 is 0 Å². The van der Waals surface area contributed by atoms with Gasteiger partial charge in [0, 0.05) is 12.6 Å². The van der Waals surface area contributed by atoms with Crippen molar-refractivity contribution in [3.63, 3.8) is 0 Å². The molecule has 0 atom stereocenters. The van der Waals surface area contributed by atoms with Gasteiger partial charge in [-0.15, -0.1) is 0 Å². The second-order valence-corrected chi connectivity index (χ2v) is 6.23. The molecule has 0 aliphatic heterocycles. The molecule has 2 rings (SSSR count). The van der Waals surface area contributed by atoms with Crippen LogP contribution in [0.2, 0.25) is 0 Å². The summed E-state index contributed by atoms with van der Waals surface area (Å²) in [4.78, 5) is 24.5. The lowest BCUT2D eigenvalue weighted by Crippen LogP contribution is -2.33. The molecule has 0 saturated heterocycles. The van der Waals surface area contributed by atoms with Crippen LogP contribution in [-0.4, -0.2) is 42.5 Å². The number of carbonyl (C=O) groups is 1. The topological polar surface area (TPSA) is 84.7 Å². The van der Waals surface area contributed by atoms with Crippen molar-refractivity contribution in [2.45, 2.75) is 13.8 Å². The van der Waals surface area contributed by atoms with Crippen molar-refractivity contribution in [1.29, 1.82) is 0 Å². The van der Waals surface area contributed by atoms with Crippen LogP contribution in [0.25, 0.3) is 0 Å². The second kappa shape index (κ2) is 8.96. The Morgan fingerprint density at radius 1 is 1.15 bits per heavy atom. The third kappa shape index (κ3) is 5.86. The van der Waals surface area contributed by atoms with Gasteiger partial charge in [0.25, 0.3) is 5.69 Å². The Morgan fingerprint density at radius 3 is 2.46 bits per heavy atom. The van der Waals surface area contributed by atoms with E-state index in [2.05, 4.69) is 5.32 Å². The number of ether oxygens (including phenoxy) is 1. The molecule has 1 N–H and O–H groups in total. The molecule has 138 valence electrons. The molecule has 0 radical (unpaired) electrons. The van der Waals surface area contributed by atoms with Gasteiger partial charge in [-0.1, -0.05) is 23.8 Å². The molecule has 0 heterocycles. The maximum atomic E-state index is 12.1. The number of hydrogen-bond donors (Lipinski definition) is 1. The number of nitrogens with zero attached hydrogens (tertiary/aromatic N) is 2. The molecule has 0 bridgehead atoms. The predicted octanol–water partition coefficient (Wildman–Crippen LogP) is 3.16. The Bertz CT molecular complexity index is 775. The summed E-state index contributed by atoms with van der Waals surface area (Å²) in [6.45, 7) is 4.88. The molecular weight excluding hydrogens is 334 g/mol. The van der Waals surface area contributed by atoms with Crippen molar-refractivity contribution in [3.05, 3.63) is 63.7 Å². The molecule has 2 aromatic carbocycles. The van der Waals surface area contributed by atoms with E-state index in [1.807, 2.05) is 31.2 Å². The van der Waals surface area contributed by atoms with Crippen molar-refractivity contribution < 1.29 is 14.5 Å². The Labute approximate surface area is 152 Å². The zero-order valence-electron chi connectivity index (χ0n) is 15.2. The molecule has 0 fully saturated rings. The smallest absolute Gasteiger partial charge is 0.293 e. The minimum Gasteiger partial charge on any atom is -0.492 e. The van der Waals surface area contributed by atoms with Gasteiger partial charge in [-0.05, 0) is 44.7 Å². The van der Waals surface area contributed by atoms with Gasteiger partial charge in [0.15, 0.2) is 0 Å². The van der Waals surface area contributed by atoms with E-state index in [-0.39, 0.29) is 23.8 Å². The van der Waals surface area contributed by atoms with Gasteiger partial charge in [0.05, 0.1) is 11.5 Å². The molecule has 7 heteroatoms. The van der Waals surface area contributed by atoms with Crippen molar-refractivity contribution >= 4 is 17.3 Å². The largest absolute Gasteiger partial charge is 0.492 e. The minimum atomic E-state index is -0.498. The van der Waals surface area contributed by atoms with Crippen LogP contribution < -0.4 is 10.1 Å². The highest BCUT2D eigenvalue weighted by Gasteiger charge is 2.16. The molecule has 0 saturated carbocycles. The van der Waals surface area contributed by atoms with Gasteiger partial charge in [0.1, 0.15) is 18.0 Å². The van der Waals surface area contributed by atoms with E-state index in [0.717, 1.165) is 16.9 Å². The van der Waals surface area contributed by atoms with Crippen molar-refractivity contribution in [1.82, 2.24) is 4.90 Å². The van der Waals surface area contributed by atoms with E-state index in [9.17, 15) is 14.9 Å². The van der Waals surface area contributed by atoms with Gasteiger partial charge < -0.3 is 10.1 Å². The highest BCUT2D eigenvalue weighted by Crippen LogP contribution is 2.25. The van der Waals surface area contributed by atoms with Crippen LogP contribution in [0.15, 0.2) is 42.5 Å². The lowest BCUT2D eigenvalue weighted by atomic mass is 10.2. The Kier molecular flexibility index (Phi) is 6.68. The maximum absolute atomic E-state index is 12.1. The zero-order valence-corrected chi connectivity index (χ0v) is 15.2. The number of likely N-dealkylation sites (N-methyl/N-ethyl adjacent to an activating group) is 1. The van der Waals surface area contributed by atoms with Gasteiger partial charge in [-0.2, -0.15) is 0 Å². The third-order valence-corrected chi connectivity index (χ3v) is 3.80. The first kappa shape index (κ1) is 19.4. The number of amides is 1. The summed E-state index contributed by atoms with van der Waals surface area (Å²) in [5.41, 5.74) is 2.02. The van der Waals surface area contributed by atoms with E-state index in [1.165, 1.54) is 6.07 Å². The maximum Gasteiger partial charge on any atom is 0.293 e. The van der Waals surface area contributed by atoms with E-state index in [4.69, 9.17) is 4.74 Å². The van der Waals surface area contributed by atoms with Crippen LogP contribution in [0.1, 0.15) is 11.1 Å². The van der Waals surface area contributed by atoms with Crippen LogP contribution in [0, 0.1) is 24.0 Å². The van der Waals surface area contributed by atoms with Crippen LogP contribution >= 0.6 is 0 Å². The minimum absolute atomic E-state index is 0.108. The lowest BCUT2D eigenvalue weighted by molar-refractivity contribution is -0.384. The van der Waals surface area contributed by atoms with Crippen molar-refractivity contribution in [3.8, 4) is 5.75 Å². The monoisotopic (exact) mass is 357 g/mol. The summed E-state index contributed by atoms with van der Waals surface area (Å²) in [7, 11) is 1.79. The number of nitro benzene ring substituents is 1. The molecule has 2 aromatic rings. The molecule has 0 aliphatic carbocycles. The summed E-state index contributed by atoms with van der Waals surface area (Å²) < 4.78 is 5.63. The molecule has 0 aromatic heterocycles. The van der Waals surface area contributed by atoms with Gasteiger partial charge in [0.2, 0.25) is 5.91 Å². The van der Waals surface area contributed by atoms with E-state index < -0.39 is 4.92 Å². The Hall–Kier alpha value is -2.93. The van der Waals surface area contributed by atoms with Crippen LogP contribution in [0.4, 0.5) is 11.4 Å². The molecule has 26 heavy (non-hydrogen) atoms. The summed E-state index contributed by atoms with van der Waals surface area (Å²) in [5.74, 6) is 0.471. The molecule has 1 amide bonds. The summed E-state index contributed by atoms with van der Waals surface area (Å²) in [6, 6.07) is 12.5. The summed E-state index contributed by atoms with van der Waals surface area (Å²) in [5, 5.41) is 13.7. The lowest BCUT2D eigenvalue weighted by Gasteiger charge is -2.16. The number of hydrogen-bond acceptors (Lipinski definition) is 5. The molecule has 0 spiro atoms. The number of rotatable bonds is 8. The number of anilines is 1. The van der Waals surface area contributed by atoms with E-state index in [0.29, 0.717) is 13.2 Å². The quantitative estimate of drug-likeness (QED) is 0.579. The molecule has 7 nitrogen and oxygen atoms in total. The molecule has 0 aliphatic rings. The average Bonchev–Trinajstić information content (AvgIpc) is 2.58. The molecule has 0 unspecified atom stereocenters.